The first-order valence-corrected chi connectivity index (χ1v) is 8.08. The van der Waals surface area contributed by atoms with E-state index >= 15 is 0 Å². The van der Waals surface area contributed by atoms with Crippen molar-refractivity contribution in [2.24, 2.45) is 0 Å². The zero-order chi connectivity index (χ0) is 13.3. The molecular formula is C15H26BrNO. The third-order valence-electron chi connectivity index (χ3n) is 3.11. The Morgan fingerprint density at radius 1 is 1.33 bits per heavy atom. The topological polar surface area (TPSA) is 21.3 Å². The molecule has 1 N–H and O–H groups in total. The first kappa shape index (κ1) is 15.9. The van der Waals surface area contributed by atoms with E-state index in [0.29, 0.717) is 6.04 Å². The second kappa shape index (κ2) is 8.89. The fourth-order valence-corrected chi connectivity index (χ4v) is 2.35. The second-order valence-electron chi connectivity index (χ2n) is 5.16. The van der Waals surface area contributed by atoms with Crippen molar-refractivity contribution in [2.75, 3.05) is 18.5 Å². The normalized spacial score (nSPS) is 22.9. The van der Waals surface area contributed by atoms with Crippen molar-refractivity contribution in [3.63, 3.8) is 0 Å². The van der Waals surface area contributed by atoms with E-state index in [4.69, 9.17) is 4.74 Å². The molecule has 0 aromatic rings. The molecule has 0 radical (unpaired) electrons. The molecule has 104 valence electrons. The number of alkyl halides is 1. The van der Waals surface area contributed by atoms with Crippen LogP contribution in [0.4, 0.5) is 0 Å². The minimum atomic E-state index is -0.0599. The Kier molecular flexibility index (Phi) is 7.87. The molecule has 0 aliphatic heterocycles. The van der Waals surface area contributed by atoms with E-state index in [1.807, 2.05) is 0 Å². The molecule has 1 aliphatic carbocycles. The van der Waals surface area contributed by atoms with Crippen molar-refractivity contribution >= 4 is 15.9 Å². The molecule has 0 fully saturated rings. The van der Waals surface area contributed by atoms with Gasteiger partial charge in [0.15, 0.2) is 0 Å². The van der Waals surface area contributed by atoms with Crippen molar-refractivity contribution in [1.29, 1.82) is 0 Å². The lowest BCUT2D eigenvalue weighted by molar-refractivity contribution is -0.0137. The van der Waals surface area contributed by atoms with Crippen molar-refractivity contribution in [1.82, 2.24) is 5.32 Å². The lowest BCUT2D eigenvalue weighted by atomic mass is 9.90. The lowest BCUT2D eigenvalue weighted by Crippen LogP contribution is -2.33. The number of halogens is 1. The van der Waals surface area contributed by atoms with Gasteiger partial charge in [-0.2, -0.15) is 0 Å². The molecule has 1 aliphatic rings. The molecule has 0 aromatic heterocycles. The van der Waals surface area contributed by atoms with Gasteiger partial charge in [-0.05, 0) is 32.2 Å². The van der Waals surface area contributed by atoms with Crippen molar-refractivity contribution in [2.45, 2.75) is 51.2 Å². The van der Waals surface area contributed by atoms with Crippen molar-refractivity contribution in [3.8, 4) is 0 Å². The highest BCUT2D eigenvalue weighted by Gasteiger charge is 2.27. The summed E-state index contributed by atoms with van der Waals surface area (Å²) in [6.45, 7) is 6.27. The molecule has 2 nitrogen and oxygen atoms in total. The molecule has 0 bridgehead atoms. The second-order valence-corrected chi connectivity index (χ2v) is 5.95. The van der Waals surface area contributed by atoms with E-state index in [0.717, 1.165) is 44.2 Å². The average Bonchev–Trinajstić information content (AvgIpc) is 2.36. The smallest absolute Gasteiger partial charge is 0.0900 e. The summed E-state index contributed by atoms with van der Waals surface area (Å²) in [5, 5.41) is 4.48. The molecule has 0 spiro atoms. The molecule has 0 aromatic carbocycles. The minimum Gasteiger partial charge on any atom is -0.371 e. The Morgan fingerprint density at radius 2 is 2.17 bits per heavy atom. The summed E-state index contributed by atoms with van der Waals surface area (Å²) in [7, 11) is 0. The van der Waals surface area contributed by atoms with Crippen LogP contribution in [0.5, 0.6) is 0 Å². The molecule has 1 unspecified atom stereocenters. The Balaban J connectivity index is 2.35. The molecule has 3 heteroatoms. The summed E-state index contributed by atoms with van der Waals surface area (Å²) in [6.07, 6.45) is 13.0. The molecule has 0 heterocycles. The predicted molar refractivity (Wildman–Crippen MR) is 82.4 cm³/mol. The zero-order valence-corrected chi connectivity index (χ0v) is 13.2. The van der Waals surface area contributed by atoms with E-state index in [1.54, 1.807) is 0 Å². The van der Waals surface area contributed by atoms with Gasteiger partial charge in [0.25, 0.3) is 0 Å². The summed E-state index contributed by atoms with van der Waals surface area (Å²) < 4.78 is 6.12. The molecule has 18 heavy (non-hydrogen) atoms. The monoisotopic (exact) mass is 315 g/mol. The molecule has 0 amide bonds. The van der Waals surface area contributed by atoms with E-state index in [-0.39, 0.29) is 5.60 Å². The maximum Gasteiger partial charge on any atom is 0.0900 e. The largest absolute Gasteiger partial charge is 0.371 e. The highest BCUT2D eigenvalue weighted by atomic mass is 79.9. The highest BCUT2D eigenvalue weighted by molar-refractivity contribution is 9.09. The van der Waals surface area contributed by atoms with E-state index in [9.17, 15) is 0 Å². The first-order valence-electron chi connectivity index (χ1n) is 6.96. The predicted octanol–water partition coefficient (Wildman–Crippen LogP) is 3.82. The third kappa shape index (κ3) is 6.17. The standard InChI is InChI=1S/C15H26BrNO/c1-14(2)17-12-6-10-15(18-13-7-11-16)8-4-3-5-9-15/h3-5,8,14,17H,6-7,9-13H2,1-2H3. The van der Waals surface area contributed by atoms with Gasteiger partial charge in [0.2, 0.25) is 0 Å². The summed E-state index contributed by atoms with van der Waals surface area (Å²) in [5.74, 6) is 0. The highest BCUT2D eigenvalue weighted by Crippen LogP contribution is 2.28. The van der Waals surface area contributed by atoms with Crippen LogP contribution >= 0.6 is 15.9 Å². The van der Waals surface area contributed by atoms with E-state index in [2.05, 4.69) is 59.4 Å². The number of rotatable bonds is 9. The summed E-state index contributed by atoms with van der Waals surface area (Å²) in [5.41, 5.74) is -0.0599. The van der Waals surface area contributed by atoms with Crippen LogP contribution in [0.15, 0.2) is 24.3 Å². The Bertz CT molecular complexity index is 276. The molecule has 0 saturated carbocycles. The molecule has 1 atom stereocenters. The number of allylic oxidation sites excluding steroid dienone is 2. The maximum absolute atomic E-state index is 6.12. The fraction of sp³-hybridized carbons (Fsp3) is 0.733. The van der Waals surface area contributed by atoms with Gasteiger partial charge in [0, 0.05) is 18.0 Å². The Labute approximate surface area is 120 Å². The van der Waals surface area contributed by atoms with Gasteiger partial charge in [-0.25, -0.2) is 0 Å². The average molecular weight is 316 g/mol. The van der Waals surface area contributed by atoms with Crippen LogP contribution in [0, 0.1) is 0 Å². The minimum absolute atomic E-state index is 0.0599. The first-order chi connectivity index (χ1) is 8.68. The van der Waals surface area contributed by atoms with Gasteiger partial charge in [0.1, 0.15) is 0 Å². The van der Waals surface area contributed by atoms with Gasteiger partial charge in [-0.1, -0.05) is 54.1 Å². The van der Waals surface area contributed by atoms with Gasteiger partial charge >= 0.3 is 0 Å². The summed E-state index contributed by atoms with van der Waals surface area (Å²) in [6, 6.07) is 0.567. The van der Waals surface area contributed by atoms with E-state index < -0.39 is 0 Å². The van der Waals surface area contributed by atoms with Crippen LogP contribution in [-0.4, -0.2) is 30.1 Å². The van der Waals surface area contributed by atoms with Gasteiger partial charge in [-0.15, -0.1) is 0 Å². The van der Waals surface area contributed by atoms with Crippen LogP contribution in [0.2, 0.25) is 0 Å². The van der Waals surface area contributed by atoms with Gasteiger partial charge < -0.3 is 10.1 Å². The van der Waals surface area contributed by atoms with Crippen molar-refractivity contribution < 1.29 is 4.74 Å². The van der Waals surface area contributed by atoms with Crippen molar-refractivity contribution in [3.05, 3.63) is 24.3 Å². The molecule has 0 saturated heterocycles. The van der Waals surface area contributed by atoms with E-state index in [1.165, 1.54) is 0 Å². The zero-order valence-electron chi connectivity index (χ0n) is 11.6. The van der Waals surface area contributed by atoms with Crippen LogP contribution < -0.4 is 5.32 Å². The van der Waals surface area contributed by atoms with Gasteiger partial charge in [-0.3, -0.25) is 0 Å². The van der Waals surface area contributed by atoms with Gasteiger partial charge in [0.05, 0.1) is 5.60 Å². The number of hydrogen-bond acceptors (Lipinski definition) is 2. The summed E-state index contributed by atoms with van der Waals surface area (Å²) in [4.78, 5) is 0. The van der Waals surface area contributed by atoms with Crippen LogP contribution in [-0.2, 0) is 4.74 Å². The third-order valence-corrected chi connectivity index (χ3v) is 3.67. The van der Waals surface area contributed by atoms with Crippen LogP contribution in [0.1, 0.15) is 39.5 Å². The fourth-order valence-electron chi connectivity index (χ4n) is 2.12. The number of hydrogen-bond donors (Lipinski definition) is 1. The van der Waals surface area contributed by atoms with Crippen LogP contribution in [0.3, 0.4) is 0 Å². The maximum atomic E-state index is 6.12. The summed E-state index contributed by atoms with van der Waals surface area (Å²) >= 11 is 3.45. The number of nitrogens with one attached hydrogen (secondary N) is 1. The molecule has 1 rings (SSSR count). The Morgan fingerprint density at radius 3 is 2.78 bits per heavy atom. The quantitative estimate of drug-likeness (QED) is 0.516. The Hall–Kier alpha value is -0.120. The molecular weight excluding hydrogens is 290 g/mol. The lowest BCUT2D eigenvalue weighted by Gasteiger charge is -2.32. The SMILES string of the molecule is CC(C)NCCCC1(OCCCBr)C=CC=CC1. The number of ether oxygens (including phenoxy) is 1. The van der Waals surface area contributed by atoms with Crippen LogP contribution in [0.25, 0.3) is 0 Å².